The predicted octanol–water partition coefficient (Wildman–Crippen LogP) is 3.98. The van der Waals surface area contributed by atoms with Crippen molar-refractivity contribution in [3.63, 3.8) is 0 Å². The molecule has 1 saturated heterocycles. The maximum absolute atomic E-state index is 5.87. The fourth-order valence-electron chi connectivity index (χ4n) is 3.50. The summed E-state index contributed by atoms with van der Waals surface area (Å²) in [5, 5.41) is 2.21. The van der Waals surface area contributed by atoms with Crippen molar-refractivity contribution in [1.82, 2.24) is 5.06 Å². The molecular formula is C17H26N2O. The molecule has 2 fully saturated rings. The first-order chi connectivity index (χ1) is 9.56. The van der Waals surface area contributed by atoms with Crippen LogP contribution in [0.1, 0.15) is 51.8 Å². The summed E-state index contributed by atoms with van der Waals surface area (Å²) in [4.78, 5) is 5.87. The van der Waals surface area contributed by atoms with Crippen molar-refractivity contribution in [3.05, 3.63) is 29.8 Å². The van der Waals surface area contributed by atoms with Crippen LogP contribution in [0.3, 0.4) is 0 Å². The first-order valence-corrected chi connectivity index (χ1v) is 7.87. The molecule has 0 radical (unpaired) electrons. The van der Waals surface area contributed by atoms with Crippen LogP contribution in [-0.4, -0.2) is 11.1 Å². The molecule has 1 aromatic carbocycles. The van der Waals surface area contributed by atoms with E-state index in [1.54, 1.807) is 0 Å². The lowest BCUT2D eigenvalue weighted by Gasteiger charge is -2.35. The summed E-state index contributed by atoms with van der Waals surface area (Å²) in [5.41, 5.74) is 7.78. The van der Waals surface area contributed by atoms with Crippen molar-refractivity contribution in [2.45, 2.75) is 52.3 Å². The highest BCUT2D eigenvalue weighted by molar-refractivity contribution is 5.40. The van der Waals surface area contributed by atoms with Gasteiger partial charge in [0.15, 0.2) is 6.23 Å². The molecule has 2 N–H and O–H groups in total. The summed E-state index contributed by atoms with van der Waals surface area (Å²) in [6.07, 6.45) is 4.11. The van der Waals surface area contributed by atoms with E-state index in [1.165, 1.54) is 24.8 Å². The maximum Gasteiger partial charge on any atom is 0.180 e. The van der Waals surface area contributed by atoms with Crippen LogP contribution in [0.15, 0.2) is 24.3 Å². The third kappa shape index (κ3) is 2.70. The zero-order valence-electron chi connectivity index (χ0n) is 12.8. The lowest BCUT2D eigenvalue weighted by molar-refractivity contribution is 0.0554. The van der Waals surface area contributed by atoms with Crippen molar-refractivity contribution in [2.24, 2.45) is 17.8 Å². The summed E-state index contributed by atoms with van der Waals surface area (Å²) in [7, 11) is 0. The van der Waals surface area contributed by atoms with Crippen LogP contribution in [0.25, 0.3) is 0 Å². The van der Waals surface area contributed by atoms with Crippen LogP contribution in [0, 0.1) is 17.8 Å². The molecule has 1 heterocycles. The van der Waals surface area contributed by atoms with Gasteiger partial charge in [-0.05, 0) is 54.7 Å². The molecule has 5 unspecified atom stereocenters. The number of rotatable bonds is 3. The molecule has 3 heteroatoms. The van der Waals surface area contributed by atoms with E-state index in [0.29, 0.717) is 6.04 Å². The molecule has 1 aliphatic carbocycles. The topological polar surface area (TPSA) is 41.6 Å². The Morgan fingerprint density at radius 1 is 1.20 bits per heavy atom. The molecule has 2 aliphatic rings. The summed E-state index contributed by atoms with van der Waals surface area (Å²) in [5.74, 6) is 2.34. The molecular weight excluding hydrogens is 248 g/mol. The number of hydrogen-bond donors (Lipinski definition) is 1. The summed E-state index contributed by atoms with van der Waals surface area (Å²) < 4.78 is 0. The van der Waals surface area contributed by atoms with E-state index in [4.69, 9.17) is 10.6 Å². The first kappa shape index (κ1) is 13.9. The van der Waals surface area contributed by atoms with E-state index in [-0.39, 0.29) is 6.23 Å². The Kier molecular flexibility index (Phi) is 3.74. The zero-order chi connectivity index (χ0) is 14.3. The fourth-order valence-corrected chi connectivity index (χ4v) is 3.50. The second kappa shape index (κ2) is 5.38. The van der Waals surface area contributed by atoms with Crippen LogP contribution in [0.2, 0.25) is 0 Å². The predicted molar refractivity (Wildman–Crippen MR) is 81.7 cm³/mol. The van der Waals surface area contributed by atoms with E-state index >= 15 is 0 Å². The monoisotopic (exact) mass is 274 g/mol. The molecule has 1 aromatic rings. The van der Waals surface area contributed by atoms with Gasteiger partial charge in [0, 0.05) is 11.7 Å². The largest absolute Gasteiger partial charge is 0.399 e. The quantitative estimate of drug-likeness (QED) is 0.669. The SMILES string of the molecule is CC(C)C1CCC(C)C(N2OC2c2ccc(N)cc2)C1. The van der Waals surface area contributed by atoms with Crippen molar-refractivity contribution >= 4 is 5.69 Å². The minimum absolute atomic E-state index is 0.147. The Hall–Kier alpha value is -1.06. The van der Waals surface area contributed by atoms with Gasteiger partial charge in [-0.3, -0.25) is 4.84 Å². The standard InChI is InChI=1S/C17H26N2O/c1-11(2)14-5-4-12(3)16(10-14)19-17(20-19)13-6-8-15(18)9-7-13/h6-9,11-12,14,16-17H,4-5,10,18H2,1-3H3. The molecule has 0 spiro atoms. The van der Waals surface area contributed by atoms with E-state index in [0.717, 1.165) is 23.4 Å². The van der Waals surface area contributed by atoms with Crippen LogP contribution in [-0.2, 0) is 4.84 Å². The van der Waals surface area contributed by atoms with Crippen LogP contribution in [0.5, 0.6) is 0 Å². The molecule has 20 heavy (non-hydrogen) atoms. The number of hydroxylamine groups is 2. The summed E-state index contributed by atoms with van der Waals surface area (Å²) >= 11 is 0. The molecule has 5 atom stereocenters. The van der Waals surface area contributed by atoms with Crippen molar-refractivity contribution < 1.29 is 4.84 Å². The van der Waals surface area contributed by atoms with Gasteiger partial charge in [0.25, 0.3) is 0 Å². The Morgan fingerprint density at radius 2 is 1.90 bits per heavy atom. The van der Waals surface area contributed by atoms with Gasteiger partial charge in [-0.2, -0.15) is 0 Å². The molecule has 3 nitrogen and oxygen atoms in total. The number of nitrogens with two attached hydrogens (primary N) is 1. The molecule has 1 aliphatic heterocycles. The van der Waals surface area contributed by atoms with Gasteiger partial charge in [-0.15, -0.1) is 5.06 Å². The van der Waals surface area contributed by atoms with Gasteiger partial charge in [0.1, 0.15) is 0 Å². The Balaban J connectivity index is 1.66. The highest BCUT2D eigenvalue weighted by Crippen LogP contribution is 2.46. The molecule has 0 bridgehead atoms. The number of anilines is 1. The number of benzene rings is 1. The maximum atomic E-state index is 5.87. The summed E-state index contributed by atoms with van der Waals surface area (Å²) in [6, 6.07) is 8.63. The zero-order valence-corrected chi connectivity index (χ0v) is 12.8. The highest BCUT2D eigenvalue weighted by atomic mass is 16.8. The van der Waals surface area contributed by atoms with Crippen molar-refractivity contribution in [3.8, 4) is 0 Å². The van der Waals surface area contributed by atoms with Gasteiger partial charge in [0.05, 0.1) is 0 Å². The molecule has 110 valence electrons. The number of nitrogen functional groups attached to an aromatic ring is 1. The normalized spacial score (nSPS) is 37.1. The van der Waals surface area contributed by atoms with Gasteiger partial charge >= 0.3 is 0 Å². The second-order valence-corrected chi connectivity index (χ2v) is 6.85. The minimum atomic E-state index is 0.147. The average Bonchev–Trinajstić information content (AvgIpc) is 3.20. The third-order valence-corrected chi connectivity index (χ3v) is 5.09. The Morgan fingerprint density at radius 3 is 2.55 bits per heavy atom. The van der Waals surface area contributed by atoms with Gasteiger partial charge < -0.3 is 5.73 Å². The molecule has 0 amide bonds. The van der Waals surface area contributed by atoms with E-state index in [9.17, 15) is 0 Å². The third-order valence-electron chi connectivity index (χ3n) is 5.09. The summed E-state index contributed by atoms with van der Waals surface area (Å²) in [6.45, 7) is 7.06. The van der Waals surface area contributed by atoms with Crippen LogP contribution < -0.4 is 5.73 Å². The van der Waals surface area contributed by atoms with Gasteiger partial charge in [0.2, 0.25) is 0 Å². The first-order valence-electron chi connectivity index (χ1n) is 7.87. The smallest absolute Gasteiger partial charge is 0.180 e. The molecule has 3 rings (SSSR count). The van der Waals surface area contributed by atoms with Gasteiger partial charge in [-0.25, -0.2) is 0 Å². The number of nitrogens with zero attached hydrogens (tertiary/aromatic N) is 1. The highest BCUT2D eigenvalue weighted by Gasteiger charge is 2.47. The molecule has 0 aromatic heterocycles. The number of hydrogen-bond acceptors (Lipinski definition) is 3. The lowest BCUT2D eigenvalue weighted by Crippen LogP contribution is -2.35. The Bertz CT molecular complexity index is 457. The van der Waals surface area contributed by atoms with E-state index in [1.807, 2.05) is 12.1 Å². The van der Waals surface area contributed by atoms with E-state index in [2.05, 4.69) is 38.0 Å². The lowest BCUT2D eigenvalue weighted by atomic mass is 9.74. The van der Waals surface area contributed by atoms with Gasteiger partial charge in [-0.1, -0.05) is 32.9 Å². The fraction of sp³-hybridized carbons (Fsp3) is 0.647. The average molecular weight is 274 g/mol. The van der Waals surface area contributed by atoms with Crippen LogP contribution in [0.4, 0.5) is 5.69 Å². The van der Waals surface area contributed by atoms with E-state index < -0.39 is 0 Å². The van der Waals surface area contributed by atoms with Crippen molar-refractivity contribution in [1.29, 1.82) is 0 Å². The molecule has 1 saturated carbocycles. The Labute approximate surface area is 122 Å². The van der Waals surface area contributed by atoms with Crippen LogP contribution >= 0.6 is 0 Å². The minimum Gasteiger partial charge on any atom is -0.399 e. The second-order valence-electron chi connectivity index (χ2n) is 6.85. The van der Waals surface area contributed by atoms with Crippen molar-refractivity contribution in [2.75, 3.05) is 5.73 Å².